The normalized spacial score (nSPS) is 19.9. The van der Waals surface area contributed by atoms with Crippen LogP contribution >= 0.6 is 15.9 Å². The minimum Gasteiger partial charge on any atom is -0.481 e. The number of carbonyl (C=O) groups excluding carboxylic acids is 1. The summed E-state index contributed by atoms with van der Waals surface area (Å²) in [7, 11) is 0. The van der Waals surface area contributed by atoms with Gasteiger partial charge in [0.2, 0.25) is 0 Å². The quantitative estimate of drug-likeness (QED) is 0.894. The Hall–Kier alpha value is -1.07. The lowest BCUT2D eigenvalue weighted by Gasteiger charge is -2.21. The highest BCUT2D eigenvalue weighted by Crippen LogP contribution is 2.22. The number of carbonyl (C=O) groups is 1. The van der Waals surface area contributed by atoms with Gasteiger partial charge in [-0.05, 0) is 49.9 Å². The van der Waals surface area contributed by atoms with Crippen molar-refractivity contribution in [2.75, 3.05) is 19.7 Å². The molecule has 1 aromatic carbocycles. The standard InChI is InChI=1S/C15H20BrNO3/c1-11(20-14-4-2-13(16)3-5-14)15(19)17-8-6-12(10-17)7-9-18/h2-5,11-12,18H,6-10H2,1H3. The van der Waals surface area contributed by atoms with E-state index in [1.165, 1.54) is 0 Å². The third-order valence-electron chi connectivity index (χ3n) is 3.61. The van der Waals surface area contributed by atoms with Crippen LogP contribution in [0.4, 0.5) is 0 Å². The highest BCUT2D eigenvalue weighted by molar-refractivity contribution is 9.10. The summed E-state index contributed by atoms with van der Waals surface area (Å²) in [6, 6.07) is 7.46. The van der Waals surface area contributed by atoms with Gasteiger partial charge in [0.1, 0.15) is 5.75 Å². The summed E-state index contributed by atoms with van der Waals surface area (Å²) in [6.07, 6.45) is 1.26. The molecule has 2 unspecified atom stereocenters. The Bertz CT molecular complexity index is 449. The minimum absolute atomic E-state index is 0.0216. The van der Waals surface area contributed by atoms with Crippen LogP contribution in [0.5, 0.6) is 5.75 Å². The molecule has 0 radical (unpaired) electrons. The van der Waals surface area contributed by atoms with Gasteiger partial charge in [-0.25, -0.2) is 0 Å². The van der Waals surface area contributed by atoms with E-state index in [0.29, 0.717) is 11.7 Å². The first-order valence-corrected chi connectivity index (χ1v) is 7.71. The van der Waals surface area contributed by atoms with Gasteiger partial charge in [-0.2, -0.15) is 0 Å². The van der Waals surface area contributed by atoms with Crippen LogP contribution in [0.1, 0.15) is 19.8 Å². The maximum absolute atomic E-state index is 12.3. The third-order valence-corrected chi connectivity index (χ3v) is 4.14. The monoisotopic (exact) mass is 341 g/mol. The summed E-state index contributed by atoms with van der Waals surface area (Å²) in [6.45, 7) is 3.46. The Kier molecular flexibility index (Phi) is 5.43. The highest BCUT2D eigenvalue weighted by atomic mass is 79.9. The first-order valence-electron chi connectivity index (χ1n) is 6.92. The number of aliphatic hydroxyl groups is 1. The molecule has 0 spiro atoms. The molecule has 110 valence electrons. The van der Waals surface area contributed by atoms with Crippen LogP contribution in [0.15, 0.2) is 28.7 Å². The molecule has 20 heavy (non-hydrogen) atoms. The highest BCUT2D eigenvalue weighted by Gasteiger charge is 2.29. The average Bonchev–Trinajstić information content (AvgIpc) is 2.89. The number of amides is 1. The van der Waals surface area contributed by atoms with Gasteiger partial charge in [0.25, 0.3) is 5.91 Å². The molecule has 1 aliphatic heterocycles. The number of benzene rings is 1. The van der Waals surface area contributed by atoms with Crippen molar-refractivity contribution in [3.05, 3.63) is 28.7 Å². The molecule has 1 amide bonds. The molecule has 0 aliphatic carbocycles. The number of hydrogen-bond acceptors (Lipinski definition) is 3. The van der Waals surface area contributed by atoms with Crippen LogP contribution < -0.4 is 4.74 Å². The smallest absolute Gasteiger partial charge is 0.263 e. The van der Waals surface area contributed by atoms with Gasteiger partial charge in [0.05, 0.1) is 0 Å². The number of ether oxygens (including phenoxy) is 1. The van der Waals surface area contributed by atoms with Crippen molar-refractivity contribution in [3.8, 4) is 5.75 Å². The molecule has 2 rings (SSSR count). The van der Waals surface area contributed by atoms with Crippen LogP contribution in [-0.4, -0.2) is 41.7 Å². The number of likely N-dealkylation sites (tertiary alicyclic amines) is 1. The molecule has 2 atom stereocenters. The summed E-state index contributed by atoms with van der Waals surface area (Å²) in [5, 5.41) is 8.95. The number of rotatable bonds is 5. The van der Waals surface area contributed by atoms with Gasteiger partial charge in [-0.1, -0.05) is 15.9 Å². The van der Waals surface area contributed by atoms with E-state index in [-0.39, 0.29) is 12.5 Å². The van der Waals surface area contributed by atoms with Crippen molar-refractivity contribution >= 4 is 21.8 Å². The largest absolute Gasteiger partial charge is 0.481 e. The van der Waals surface area contributed by atoms with Crippen molar-refractivity contribution in [3.63, 3.8) is 0 Å². The fourth-order valence-corrected chi connectivity index (χ4v) is 2.74. The Labute approximate surface area is 127 Å². The van der Waals surface area contributed by atoms with E-state index < -0.39 is 6.10 Å². The van der Waals surface area contributed by atoms with Crippen molar-refractivity contribution in [1.82, 2.24) is 4.90 Å². The second-order valence-corrected chi connectivity index (χ2v) is 6.08. The molecule has 5 heteroatoms. The van der Waals surface area contributed by atoms with E-state index >= 15 is 0 Å². The molecule has 0 aromatic heterocycles. The predicted octanol–water partition coefficient (Wildman–Crippen LogP) is 2.45. The zero-order chi connectivity index (χ0) is 14.5. The first kappa shape index (κ1) is 15.3. The molecule has 0 saturated carbocycles. The fraction of sp³-hybridized carbons (Fsp3) is 0.533. The molecule has 1 fully saturated rings. The predicted molar refractivity (Wildman–Crippen MR) is 80.6 cm³/mol. The lowest BCUT2D eigenvalue weighted by atomic mass is 10.1. The van der Waals surface area contributed by atoms with Crippen molar-refractivity contribution in [2.45, 2.75) is 25.9 Å². The van der Waals surface area contributed by atoms with E-state index in [4.69, 9.17) is 9.84 Å². The summed E-state index contributed by atoms with van der Waals surface area (Å²) in [5.74, 6) is 1.14. The van der Waals surface area contributed by atoms with Gasteiger partial charge < -0.3 is 14.7 Å². The van der Waals surface area contributed by atoms with Gasteiger partial charge in [-0.15, -0.1) is 0 Å². The van der Waals surface area contributed by atoms with E-state index in [1.807, 2.05) is 29.2 Å². The van der Waals surface area contributed by atoms with Crippen molar-refractivity contribution in [2.24, 2.45) is 5.92 Å². The van der Waals surface area contributed by atoms with Crippen LogP contribution in [0.2, 0.25) is 0 Å². The van der Waals surface area contributed by atoms with Crippen LogP contribution in [0, 0.1) is 5.92 Å². The van der Waals surface area contributed by atoms with E-state index in [0.717, 1.165) is 30.4 Å². The topological polar surface area (TPSA) is 49.8 Å². The molecule has 1 aliphatic rings. The SMILES string of the molecule is CC(Oc1ccc(Br)cc1)C(=O)N1CCC(CCO)C1. The Balaban J connectivity index is 1.87. The number of halogens is 1. The van der Waals surface area contributed by atoms with Gasteiger partial charge in [0, 0.05) is 24.2 Å². The molecular weight excluding hydrogens is 322 g/mol. The second kappa shape index (κ2) is 7.09. The average molecular weight is 342 g/mol. The van der Waals surface area contributed by atoms with Crippen LogP contribution in [0.25, 0.3) is 0 Å². The van der Waals surface area contributed by atoms with Gasteiger partial charge in [-0.3, -0.25) is 4.79 Å². The number of aliphatic hydroxyl groups excluding tert-OH is 1. The maximum Gasteiger partial charge on any atom is 0.263 e. The van der Waals surface area contributed by atoms with Crippen LogP contribution in [-0.2, 0) is 4.79 Å². The van der Waals surface area contributed by atoms with Gasteiger partial charge >= 0.3 is 0 Å². The van der Waals surface area contributed by atoms with E-state index in [9.17, 15) is 4.79 Å². The molecule has 4 nitrogen and oxygen atoms in total. The Morgan fingerprint density at radius 3 is 2.85 bits per heavy atom. The molecule has 1 N–H and O–H groups in total. The Morgan fingerprint density at radius 2 is 2.20 bits per heavy atom. The zero-order valence-electron chi connectivity index (χ0n) is 11.6. The zero-order valence-corrected chi connectivity index (χ0v) is 13.2. The number of nitrogens with zero attached hydrogens (tertiary/aromatic N) is 1. The van der Waals surface area contributed by atoms with E-state index in [1.54, 1.807) is 6.92 Å². The first-order chi connectivity index (χ1) is 9.60. The number of hydrogen-bond donors (Lipinski definition) is 1. The minimum atomic E-state index is -0.482. The second-order valence-electron chi connectivity index (χ2n) is 5.17. The summed E-state index contributed by atoms with van der Waals surface area (Å²) >= 11 is 3.36. The third kappa shape index (κ3) is 3.96. The van der Waals surface area contributed by atoms with Crippen molar-refractivity contribution in [1.29, 1.82) is 0 Å². The summed E-state index contributed by atoms with van der Waals surface area (Å²) < 4.78 is 6.66. The summed E-state index contributed by atoms with van der Waals surface area (Å²) in [5.41, 5.74) is 0. The Morgan fingerprint density at radius 1 is 1.50 bits per heavy atom. The van der Waals surface area contributed by atoms with Crippen molar-refractivity contribution < 1.29 is 14.6 Å². The lowest BCUT2D eigenvalue weighted by Crippen LogP contribution is -2.39. The van der Waals surface area contributed by atoms with Crippen LogP contribution in [0.3, 0.4) is 0 Å². The fourth-order valence-electron chi connectivity index (χ4n) is 2.48. The molecule has 1 heterocycles. The van der Waals surface area contributed by atoms with Gasteiger partial charge in [0.15, 0.2) is 6.10 Å². The molecule has 1 saturated heterocycles. The maximum atomic E-state index is 12.3. The molecular formula is C15H20BrNO3. The molecule has 0 bridgehead atoms. The van der Waals surface area contributed by atoms with E-state index in [2.05, 4.69) is 15.9 Å². The summed E-state index contributed by atoms with van der Waals surface area (Å²) in [4.78, 5) is 14.1. The molecule has 1 aromatic rings. The lowest BCUT2D eigenvalue weighted by molar-refractivity contribution is -0.137.